The van der Waals surface area contributed by atoms with Crippen molar-refractivity contribution in [2.24, 2.45) is 5.73 Å². The molecule has 1 fully saturated rings. The molecule has 1 aliphatic carbocycles. The smallest absolute Gasteiger partial charge is 0.0605 e. The molecule has 2 aromatic carbocycles. The SMILES string of the molecule is C/C(N)=C1/NCCC(Nc2cccc(C)c2)c2cc(C3=CCN(C4CCC4)CC3)ccc21. The maximum atomic E-state index is 6.29. The van der Waals surface area contributed by atoms with Crippen LogP contribution in [-0.2, 0) is 0 Å². The maximum Gasteiger partial charge on any atom is 0.0605 e. The second kappa shape index (κ2) is 9.03. The van der Waals surface area contributed by atoms with Crippen molar-refractivity contribution in [3.05, 3.63) is 76.5 Å². The van der Waals surface area contributed by atoms with Gasteiger partial charge in [0.2, 0.25) is 0 Å². The van der Waals surface area contributed by atoms with Crippen LogP contribution >= 0.6 is 0 Å². The van der Waals surface area contributed by atoms with Crippen molar-refractivity contribution >= 4 is 17.0 Å². The minimum atomic E-state index is 0.242. The summed E-state index contributed by atoms with van der Waals surface area (Å²) >= 11 is 0. The highest BCUT2D eigenvalue weighted by atomic mass is 15.2. The van der Waals surface area contributed by atoms with Crippen LogP contribution in [0.3, 0.4) is 0 Å². The number of nitrogens with zero attached hydrogens (tertiary/aromatic N) is 1. The third kappa shape index (κ3) is 4.29. The zero-order valence-electron chi connectivity index (χ0n) is 19.5. The molecule has 2 aromatic rings. The number of aryl methyl sites for hydroxylation is 1. The number of nitrogens with two attached hydrogens (primary N) is 1. The maximum absolute atomic E-state index is 6.29. The molecule has 32 heavy (non-hydrogen) atoms. The lowest BCUT2D eigenvalue weighted by molar-refractivity contribution is 0.141. The van der Waals surface area contributed by atoms with Gasteiger partial charge in [-0.3, -0.25) is 4.90 Å². The molecule has 0 saturated heterocycles. The number of hydrogen-bond donors (Lipinski definition) is 3. The molecule has 3 aliphatic rings. The Balaban J connectivity index is 1.47. The van der Waals surface area contributed by atoms with Crippen molar-refractivity contribution in [2.75, 3.05) is 25.0 Å². The van der Waals surface area contributed by atoms with Gasteiger partial charge in [0, 0.05) is 42.6 Å². The molecule has 1 unspecified atom stereocenters. The van der Waals surface area contributed by atoms with Crippen molar-refractivity contribution in [3.8, 4) is 0 Å². The standard InChI is InChI=1S/C28H36N4/c1-19-5-3-6-23(17-19)31-27-11-14-30-28(20(2)29)25-10-9-22(18-26(25)27)21-12-15-32(16-13-21)24-7-4-8-24/h3,5-6,9-10,12,17-18,24,27,30-31H,4,7-8,11,13-16,29H2,1-2H3/b28-20-. The van der Waals surface area contributed by atoms with Crippen LogP contribution in [0.15, 0.2) is 54.2 Å². The third-order valence-electron chi connectivity index (χ3n) is 7.39. The first-order valence-corrected chi connectivity index (χ1v) is 12.2. The molecular weight excluding hydrogens is 392 g/mol. The van der Waals surface area contributed by atoms with E-state index in [4.69, 9.17) is 5.73 Å². The monoisotopic (exact) mass is 428 g/mol. The van der Waals surface area contributed by atoms with Gasteiger partial charge in [0.1, 0.15) is 0 Å². The van der Waals surface area contributed by atoms with Crippen LogP contribution in [0, 0.1) is 6.92 Å². The van der Waals surface area contributed by atoms with Crippen LogP contribution in [0.1, 0.15) is 67.3 Å². The molecule has 0 amide bonds. The molecule has 5 rings (SSSR count). The lowest BCUT2D eigenvalue weighted by atomic mass is 9.88. The van der Waals surface area contributed by atoms with Crippen LogP contribution in [0.4, 0.5) is 5.69 Å². The molecule has 2 aliphatic heterocycles. The highest BCUT2D eigenvalue weighted by Crippen LogP contribution is 2.36. The number of anilines is 1. The fourth-order valence-electron chi connectivity index (χ4n) is 5.34. The van der Waals surface area contributed by atoms with E-state index in [-0.39, 0.29) is 6.04 Å². The van der Waals surface area contributed by atoms with Gasteiger partial charge in [0.25, 0.3) is 0 Å². The van der Waals surface area contributed by atoms with Gasteiger partial charge in [-0.1, -0.05) is 36.8 Å². The summed E-state index contributed by atoms with van der Waals surface area (Å²) < 4.78 is 0. The molecule has 4 nitrogen and oxygen atoms in total. The lowest BCUT2D eigenvalue weighted by Gasteiger charge is -2.39. The average Bonchev–Trinajstić information content (AvgIpc) is 2.92. The second-order valence-corrected chi connectivity index (χ2v) is 9.70. The van der Waals surface area contributed by atoms with Crippen LogP contribution in [0.25, 0.3) is 11.3 Å². The van der Waals surface area contributed by atoms with Crippen LogP contribution in [0.2, 0.25) is 0 Å². The Kier molecular flexibility index (Phi) is 5.97. The summed E-state index contributed by atoms with van der Waals surface area (Å²) in [4.78, 5) is 2.67. The summed E-state index contributed by atoms with van der Waals surface area (Å²) in [6, 6.07) is 16.7. The molecule has 4 heteroatoms. The van der Waals surface area contributed by atoms with E-state index in [0.717, 1.165) is 43.4 Å². The molecule has 0 radical (unpaired) electrons. The fraction of sp³-hybridized carbons (Fsp3) is 0.429. The highest BCUT2D eigenvalue weighted by molar-refractivity contribution is 5.75. The lowest BCUT2D eigenvalue weighted by Crippen LogP contribution is -2.42. The van der Waals surface area contributed by atoms with Crippen molar-refractivity contribution in [1.82, 2.24) is 10.2 Å². The minimum absolute atomic E-state index is 0.242. The van der Waals surface area contributed by atoms with Crippen LogP contribution in [-0.4, -0.2) is 30.6 Å². The van der Waals surface area contributed by atoms with E-state index in [1.54, 1.807) is 0 Å². The first-order valence-electron chi connectivity index (χ1n) is 12.2. The Labute approximate surface area is 192 Å². The van der Waals surface area contributed by atoms with Crippen molar-refractivity contribution < 1.29 is 0 Å². The number of rotatable bonds is 4. The van der Waals surface area contributed by atoms with E-state index in [1.165, 1.54) is 59.3 Å². The van der Waals surface area contributed by atoms with E-state index >= 15 is 0 Å². The van der Waals surface area contributed by atoms with E-state index < -0.39 is 0 Å². The summed E-state index contributed by atoms with van der Waals surface area (Å²) in [7, 11) is 0. The molecule has 2 heterocycles. The third-order valence-corrected chi connectivity index (χ3v) is 7.39. The van der Waals surface area contributed by atoms with Gasteiger partial charge >= 0.3 is 0 Å². The first-order chi connectivity index (χ1) is 15.6. The Morgan fingerprint density at radius 2 is 2.00 bits per heavy atom. The summed E-state index contributed by atoms with van der Waals surface area (Å²) in [6.45, 7) is 7.32. The van der Waals surface area contributed by atoms with Gasteiger partial charge in [0.05, 0.1) is 11.7 Å². The highest BCUT2D eigenvalue weighted by Gasteiger charge is 2.27. The van der Waals surface area contributed by atoms with Crippen molar-refractivity contribution in [2.45, 2.75) is 58.0 Å². The fourth-order valence-corrected chi connectivity index (χ4v) is 5.34. The van der Waals surface area contributed by atoms with Gasteiger partial charge in [-0.2, -0.15) is 0 Å². The van der Waals surface area contributed by atoms with E-state index in [0.29, 0.717) is 0 Å². The predicted molar refractivity (Wildman–Crippen MR) is 135 cm³/mol. The van der Waals surface area contributed by atoms with Crippen LogP contribution < -0.4 is 16.4 Å². The zero-order chi connectivity index (χ0) is 22.1. The molecule has 1 atom stereocenters. The summed E-state index contributed by atoms with van der Waals surface area (Å²) in [6.07, 6.45) is 8.79. The molecular formula is C28H36N4. The molecule has 4 N–H and O–H groups in total. The summed E-state index contributed by atoms with van der Waals surface area (Å²) in [5.41, 5.74) is 16.1. The van der Waals surface area contributed by atoms with Gasteiger partial charge in [-0.05, 0) is 80.0 Å². The molecule has 1 saturated carbocycles. The molecule has 0 bridgehead atoms. The first kappa shape index (κ1) is 21.1. The Bertz CT molecular complexity index is 1040. The topological polar surface area (TPSA) is 53.3 Å². The summed E-state index contributed by atoms with van der Waals surface area (Å²) in [5, 5.41) is 7.40. The van der Waals surface area contributed by atoms with Crippen molar-refractivity contribution in [1.29, 1.82) is 0 Å². The van der Waals surface area contributed by atoms with E-state index in [1.807, 2.05) is 6.92 Å². The van der Waals surface area contributed by atoms with E-state index in [9.17, 15) is 0 Å². The Morgan fingerprint density at radius 1 is 1.12 bits per heavy atom. The molecule has 0 spiro atoms. The normalized spacial score (nSPS) is 23.3. The van der Waals surface area contributed by atoms with Gasteiger partial charge in [-0.25, -0.2) is 0 Å². The number of hydrogen-bond acceptors (Lipinski definition) is 4. The van der Waals surface area contributed by atoms with Gasteiger partial charge in [0.15, 0.2) is 0 Å². The molecule has 0 aromatic heterocycles. The Morgan fingerprint density at radius 3 is 2.69 bits per heavy atom. The molecule has 168 valence electrons. The van der Waals surface area contributed by atoms with Crippen molar-refractivity contribution in [3.63, 3.8) is 0 Å². The quantitative estimate of drug-likeness (QED) is 0.608. The second-order valence-electron chi connectivity index (χ2n) is 9.70. The van der Waals surface area contributed by atoms with E-state index in [2.05, 4.69) is 71.0 Å². The zero-order valence-corrected chi connectivity index (χ0v) is 19.5. The average molecular weight is 429 g/mol. The largest absolute Gasteiger partial charge is 0.401 e. The number of fused-ring (bicyclic) bond motifs is 1. The summed E-state index contributed by atoms with van der Waals surface area (Å²) in [5.74, 6) is 0. The number of allylic oxidation sites excluding steroid dienone is 1. The number of benzene rings is 2. The minimum Gasteiger partial charge on any atom is -0.401 e. The number of nitrogens with one attached hydrogen (secondary N) is 2. The van der Waals surface area contributed by atoms with Gasteiger partial charge < -0.3 is 16.4 Å². The van der Waals surface area contributed by atoms with Gasteiger partial charge in [-0.15, -0.1) is 0 Å². The Hall–Kier alpha value is -2.72. The predicted octanol–water partition coefficient (Wildman–Crippen LogP) is 5.43. The van der Waals surface area contributed by atoms with Crippen LogP contribution in [0.5, 0.6) is 0 Å².